The summed E-state index contributed by atoms with van der Waals surface area (Å²) in [4.78, 5) is 25.3. The minimum absolute atomic E-state index is 0.0215. The van der Waals surface area contributed by atoms with Gasteiger partial charge in [-0.15, -0.1) is 0 Å². The first-order valence-electron chi connectivity index (χ1n) is 8.53. The van der Waals surface area contributed by atoms with Gasteiger partial charge in [0.2, 0.25) is 5.43 Å². The number of sulfone groups is 1. The molecule has 0 aliphatic carbocycles. The molecular formula is C19H23BrN2O5S. The van der Waals surface area contributed by atoms with E-state index in [9.17, 15) is 18.0 Å². The van der Waals surface area contributed by atoms with E-state index in [1.54, 1.807) is 26.2 Å². The molecule has 1 aromatic carbocycles. The van der Waals surface area contributed by atoms with Gasteiger partial charge in [-0.05, 0) is 47.5 Å². The molecule has 152 valence electrons. The number of carbonyl (C=O) groups is 1. The molecule has 1 atom stereocenters. The number of methoxy groups -OCH3 is 1. The molecule has 7 nitrogen and oxygen atoms in total. The summed E-state index contributed by atoms with van der Waals surface area (Å²) in [5.41, 5.74) is 1.07. The molecule has 1 amide bonds. The Labute approximate surface area is 172 Å². The molecule has 1 N–H and O–H groups in total. The van der Waals surface area contributed by atoms with Crippen molar-refractivity contribution in [2.45, 2.75) is 31.3 Å². The van der Waals surface area contributed by atoms with Crippen LogP contribution in [0.3, 0.4) is 0 Å². The molecule has 0 fully saturated rings. The molecule has 0 radical (unpaired) electrons. The minimum Gasteiger partial charge on any atom is -0.383 e. The number of nitrogens with one attached hydrogen (secondary N) is 1. The Kier molecular flexibility index (Phi) is 7.19. The molecule has 2 aromatic rings. The standard InChI is InChI=1S/C19H23BrN2O5S/c1-12(11-27-3)22-10-16(18(23)17(20)13(22)2)19(24)21-9-14-5-7-15(8-6-14)28(4,25)26/h5-8,10,12H,9,11H2,1-4H3,(H,21,24). The SMILES string of the molecule is COCC(C)n1cc(C(=O)NCc2ccc(S(C)(=O)=O)cc2)c(=O)c(Br)c1C. The number of aromatic nitrogens is 1. The lowest BCUT2D eigenvalue weighted by Gasteiger charge is -2.20. The van der Waals surface area contributed by atoms with E-state index >= 15 is 0 Å². The molecule has 0 bridgehead atoms. The maximum atomic E-state index is 12.6. The first kappa shape index (κ1) is 22.3. The largest absolute Gasteiger partial charge is 0.383 e. The van der Waals surface area contributed by atoms with Crippen LogP contribution in [-0.2, 0) is 21.1 Å². The lowest BCUT2D eigenvalue weighted by molar-refractivity contribution is 0.0948. The van der Waals surface area contributed by atoms with E-state index in [4.69, 9.17) is 4.74 Å². The number of rotatable bonds is 7. The zero-order valence-electron chi connectivity index (χ0n) is 16.2. The number of hydrogen-bond acceptors (Lipinski definition) is 5. The Morgan fingerprint density at radius 2 is 1.89 bits per heavy atom. The second kappa shape index (κ2) is 9.02. The van der Waals surface area contributed by atoms with Crippen LogP contribution in [0.5, 0.6) is 0 Å². The molecule has 9 heteroatoms. The molecule has 0 aliphatic heterocycles. The summed E-state index contributed by atoms with van der Waals surface area (Å²) in [5.74, 6) is -0.503. The maximum Gasteiger partial charge on any atom is 0.257 e. The zero-order valence-corrected chi connectivity index (χ0v) is 18.6. The topological polar surface area (TPSA) is 94.5 Å². The van der Waals surface area contributed by atoms with Crippen LogP contribution in [0.25, 0.3) is 0 Å². The first-order chi connectivity index (χ1) is 13.1. The van der Waals surface area contributed by atoms with Gasteiger partial charge in [0.25, 0.3) is 5.91 Å². The highest BCUT2D eigenvalue weighted by atomic mass is 79.9. The van der Waals surface area contributed by atoms with E-state index in [0.717, 1.165) is 11.8 Å². The van der Waals surface area contributed by atoms with Crippen molar-refractivity contribution >= 4 is 31.7 Å². The van der Waals surface area contributed by atoms with Gasteiger partial charge in [-0.25, -0.2) is 8.42 Å². The molecule has 0 aliphatic rings. The summed E-state index contributed by atoms with van der Waals surface area (Å²) < 4.78 is 30.3. The van der Waals surface area contributed by atoms with Crippen LogP contribution in [0.15, 0.2) is 44.6 Å². The number of amides is 1. The highest BCUT2D eigenvalue weighted by Crippen LogP contribution is 2.18. The number of hydrogen-bond donors (Lipinski definition) is 1. The van der Waals surface area contributed by atoms with Crippen LogP contribution in [0.1, 0.15) is 34.6 Å². The van der Waals surface area contributed by atoms with Crippen molar-refractivity contribution in [1.29, 1.82) is 0 Å². The van der Waals surface area contributed by atoms with Crippen LogP contribution >= 0.6 is 15.9 Å². The molecule has 1 aromatic heterocycles. The van der Waals surface area contributed by atoms with Gasteiger partial charge in [0, 0.05) is 31.8 Å². The van der Waals surface area contributed by atoms with Crippen LogP contribution in [0.4, 0.5) is 0 Å². The molecular weight excluding hydrogens is 448 g/mol. The maximum absolute atomic E-state index is 12.6. The average Bonchev–Trinajstić information content (AvgIpc) is 2.64. The van der Waals surface area contributed by atoms with Crippen molar-refractivity contribution in [1.82, 2.24) is 9.88 Å². The Morgan fingerprint density at radius 3 is 2.43 bits per heavy atom. The molecule has 28 heavy (non-hydrogen) atoms. The van der Waals surface area contributed by atoms with Crippen molar-refractivity contribution in [3.63, 3.8) is 0 Å². The number of nitrogens with zero attached hydrogens (tertiary/aromatic N) is 1. The Balaban J connectivity index is 2.23. The quantitative estimate of drug-likeness (QED) is 0.670. The summed E-state index contributed by atoms with van der Waals surface area (Å²) >= 11 is 3.28. The van der Waals surface area contributed by atoms with E-state index in [2.05, 4.69) is 21.2 Å². The normalized spacial score (nSPS) is 12.6. The van der Waals surface area contributed by atoms with Gasteiger partial charge < -0.3 is 14.6 Å². The number of halogens is 1. The Hall–Kier alpha value is -1.97. The third kappa shape index (κ3) is 5.09. The molecule has 1 heterocycles. The van der Waals surface area contributed by atoms with Crippen molar-refractivity contribution in [2.75, 3.05) is 20.0 Å². The predicted molar refractivity (Wildman–Crippen MR) is 110 cm³/mol. The molecule has 1 unspecified atom stereocenters. The first-order valence-corrected chi connectivity index (χ1v) is 11.2. The molecule has 2 rings (SSSR count). The second-order valence-electron chi connectivity index (χ2n) is 6.58. The van der Waals surface area contributed by atoms with Crippen molar-refractivity contribution in [2.24, 2.45) is 0 Å². The van der Waals surface area contributed by atoms with E-state index in [1.807, 2.05) is 11.5 Å². The van der Waals surface area contributed by atoms with E-state index in [0.29, 0.717) is 16.8 Å². The highest BCUT2D eigenvalue weighted by molar-refractivity contribution is 9.10. The summed E-state index contributed by atoms with van der Waals surface area (Å²) in [5, 5.41) is 2.71. The lowest BCUT2D eigenvalue weighted by Crippen LogP contribution is -2.31. The van der Waals surface area contributed by atoms with Crippen molar-refractivity contribution < 1.29 is 17.9 Å². The van der Waals surface area contributed by atoms with Gasteiger partial charge in [-0.1, -0.05) is 12.1 Å². The van der Waals surface area contributed by atoms with Crippen LogP contribution < -0.4 is 10.7 Å². The van der Waals surface area contributed by atoms with Crippen LogP contribution in [0.2, 0.25) is 0 Å². The van der Waals surface area contributed by atoms with Crippen molar-refractivity contribution in [3.8, 4) is 0 Å². The Bertz CT molecular complexity index is 1030. The third-order valence-corrected chi connectivity index (χ3v) is 6.41. The van der Waals surface area contributed by atoms with Gasteiger partial charge in [0.1, 0.15) is 5.56 Å². The van der Waals surface area contributed by atoms with E-state index < -0.39 is 15.7 Å². The zero-order chi connectivity index (χ0) is 21.1. The third-order valence-electron chi connectivity index (χ3n) is 4.35. The van der Waals surface area contributed by atoms with E-state index in [1.165, 1.54) is 18.3 Å². The average molecular weight is 471 g/mol. The fraction of sp³-hybridized carbons (Fsp3) is 0.368. The minimum atomic E-state index is -3.27. The summed E-state index contributed by atoms with van der Waals surface area (Å²) in [6.45, 7) is 4.33. The summed E-state index contributed by atoms with van der Waals surface area (Å²) in [6.07, 6.45) is 2.67. The second-order valence-corrected chi connectivity index (χ2v) is 9.39. The fourth-order valence-electron chi connectivity index (χ4n) is 2.76. The number of pyridine rings is 1. The molecule has 0 spiro atoms. The monoisotopic (exact) mass is 470 g/mol. The lowest BCUT2D eigenvalue weighted by atomic mass is 10.2. The highest BCUT2D eigenvalue weighted by Gasteiger charge is 2.19. The predicted octanol–water partition coefficient (Wildman–Crippen LogP) is 2.46. The smallest absolute Gasteiger partial charge is 0.257 e. The van der Waals surface area contributed by atoms with Gasteiger partial charge in [-0.2, -0.15) is 0 Å². The van der Waals surface area contributed by atoms with Crippen LogP contribution in [-0.4, -0.2) is 38.9 Å². The summed E-state index contributed by atoms with van der Waals surface area (Å²) in [6, 6.07) is 6.16. The van der Waals surface area contributed by atoms with E-state index in [-0.39, 0.29) is 28.5 Å². The van der Waals surface area contributed by atoms with Gasteiger partial charge in [-0.3, -0.25) is 9.59 Å². The van der Waals surface area contributed by atoms with Crippen LogP contribution in [0, 0.1) is 6.92 Å². The molecule has 0 saturated carbocycles. The number of carbonyl (C=O) groups excluding carboxylic acids is 1. The number of benzene rings is 1. The summed E-state index contributed by atoms with van der Waals surface area (Å²) in [7, 11) is -1.68. The van der Waals surface area contributed by atoms with Gasteiger partial charge >= 0.3 is 0 Å². The Morgan fingerprint density at radius 1 is 1.29 bits per heavy atom. The molecule has 0 saturated heterocycles. The number of ether oxygens (including phenoxy) is 1. The van der Waals surface area contributed by atoms with Gasteiger partial charge in [0.05, 0.1) is 22.0 Å². The van der Waals surface area contributed by atoms with Gasteiger partial charge in [0.15, 0.2) is 9.84 Å². The van der Waals surface area contributed by atoms with Crippen molar-refractivity contribution in [3.05, 3.63) is 62.0 Å². The fourth-order valence-corrected chi connectivity index (χ4v) is 3.81.